The Morgan fingerprint density at radius 2 is 1.83 bits per heavy atom. The van der Waals surface area contributed by atoms with Gasteiger partial charge in [0.2, 0.25) is 5.75 Å². The van der Waals surface area contributed by atoms with Gasteiger partial charge in [0, 0.05) is 17.7 Å². The van der Waals surface area contributed by atoms with Gasteiger partial charge in [-0.15, -0.1) is 0 Å². The van der Waals surface area contributed by atoms with Crippen LogP contribution in [0.4, 0.5) is 0 Å². The lowest BCUT2D eigenvalue weighted by atomic mass is 10.1. The number of phenolic OH excluding ortho intramolecular Hbond substituents is 2. The van der Waals surface area contributed by atoms with Gasteiger partial charge in [0.25, 0.3) is 0 Å². The molecule has 7 nitrogen and oxygen atoms in total. The van der Waals surface area contributed by atoms with E-state index in [1.807, 2.05) is 6.07 Å². The largest absolute Gasteiger partial charge is 0.504 e. The summed E-state index contributed by atoms with van der Waals surface area (Å²) in [6.07, 6.45) is 0. The van der Waals surface area contributed by atoms with Crippen molar-refractivity contribution in [2.24, 2.45) is 0 Å². The number of carbonyl (C=O) groups is 1. The Labute approximate surface area is 135 Å². The van der Waals surface area contributed by atoms with E-state index in [0.717, 1.165) is 6.07 Å². The zero-order chi connectivity index (χ0) is 17.3. The van der Waals surface area contributed by atoms with Crippen molar-refractivity contribution in [3.8, 4) is 28.6 Å². The number of carboxylic acids is 1. The molecule has 0 unspecified atom stereocenters. The molecule has 7 heteroatoms. The average molecular weight is 328 g/mol. The molecule has 0 radical (unpaired) electrons. The Morgan fingerprint density at radius 1 is 1.12 bits per heavy atom. The SMILES string of the molecule is O=C(O)COc1c(O)cc2oc(-c3ccccc3)cc(=O)c2c1O. The second kappa shape index (κ2) is 5.96. The summed E-state index contributed by atoms with van der Waals surface area (Å²) in [6, 6.07) is 11.2. The van der Waals surface area contributed by atoms with Gasteiger partial charge >= 0.3 is 5.97 Å². The Kier molecular flexibility index (Phi) is 3.83. The van der Waals surface area contributed by atoms with Gasteiger partial charge in [-0.25, -0.2) is 4.79 Å². The summed E-state index contributed by atoms with van der Waals surface area (Å²) in [6.45, 7) is -0.778. The topological polar surface area (TPSA) is 117 Å². The first-order valence-electron chi connectivity index (χ1n) is 6.90. The zero-order valence-corrected chi connectivity index (χ0v) is 12.2. The highest BCUT2D eigenvalue weighted by Gasteiger charge is 2.19. The first-order chi connectivity index (χ1) is 11.5. The minimum absolute atomic E-state index is 0.0426. The number of fused-ring (bicyclic) bond motifs is 1. The third-order valence-electron chi connectivity index (χ3n) is 3.33. The molecule has 0 aliphatic heterocycles. The van der Waals surface area contributed by atoms with Crippen LogP contribution in [0.5, 0.6) is 17.2 Å². The van der Waals surface area contributed by atoms with Crippen molar-refractivity contribution in [1.29, 1.82) is 0 Å². The summed E-state index contributed by atoms with van der Waals surface area (Å²) in [5.74, 6) is -2.70. The first-order valence-corrected chi connectivity index (χ1v) is 6.90. The maximum atomic E-state index is 12.3. The highest BCUT2D eigenvalue weighted by molar-refractivity contribution is 5.89. The van der Waals surface area contributed by atoms with Gasteiger partial charge in [-0.05, 0) is 0 Å². The third-order valence-corrected chi connectivity index (χ3v) is 3.33. The average Bonchev–Trinajstić information content (AvgIpc) is 2.54. The van der Waals surface area contributed by atoms with Gasteiger partial charge in [0.1, 0.15) is 16.7 Å². The number of benzene rings is 2. The molecule has 3 rings (SSSR count). The van der Waals surface area contributed by atoms with Crippen LogP contribution in [0.2, 0.25) is 0 Å². The Morgan fingerprint density at radius 3 is 2.50 bits per heavy atom. The van der Waals surface area contributed by atoms with Gasteiger partial charge < -0.3 is 24.5 Å². The smallest absolute Gasteiger partial charge is 0.341 e. The van der Waals surface area contributed by atoms with Crippen molar-refractivity contribution in [3.63, 3.8) is 0 Å². The summed E-state index contributed by atoms with van der Waals surface area (Å²) < 4.78 is 10.4. The van der Waals surface area contributed by atoms with E-state index in [1.165, 1.54) is 6.07 Å². The van der Waals surface area contributed by atoms with Crippen LogP contribution in [0.25, 0.3) is 22.3 Å². The number of hydrogen-bond acceptors (Lipinski definition) is 6. The van der Waals surface area contributed by atoms with E-state index in [-0.39, 0.29) is 16.7 Å². The zero-order valence-electron chi connectivity index (χ0n) is 12.2. The standard InChI is InChI=1S/C17H12O7/c18-10-6-12(9-4-2-1-3-5-9)24-13-7-11(19)17(16(22)15(10)13)23-8-14(20)21/h1-7,19,22H,8H2,(H,20,21). The van der Waals surface area contributed by atoms with Gasteiger partial charge in [0.05, 0.1) is 0 Å². The molecule has 0 saturated carbocycles. The molecule has 0 amide bonds. The minimum Gasteiger partial charge on any atom is -0.504 e. The maximum Gasteiger partial charge on any atom is 0.341 e. The normalized spacial score (nSPS) is 10.7. The Hall–Kier alpha value is -3.48. The molecule has 3 N–H and O–H groups in total. The molecule has 0 aliphatic rings. The molecule has 2 aromatic carbocycles. The molecule has 1 aromatic heterocycles. The molecule has 0 atom stereocenters. The van der Waals surface area contributed by atoms with Crippen molar-refractivity contribution in [2.75, 3.05) is 6.61 Å². The summed E-state index contributed by atoms with van der Waals surface area (Å²) >= 11 is 0. The molecule has 0 saturated heterocycles. The molecular formula is C17H12O7. The summed E-state index contributed by atoms with van der Waals surface area (Å²) in [5.41, 5.74) is 0.0634. The lowest BCUT2D eigenvalue weighted by Gasteiger charge is -2.10. The fraction of sp³-hybridized carbons (Fsp3) is 0.0588. The predicted molar refractivity (Wildman–Crippen MR) is 84.4 cm³/mol. The van der Waals surface area contributed by atoms with Crippen LogP contribution in [0.1, 0.15) is 0 Å². The van der Waals surface area contributed by atoms with Crippen LogP contribution in [0.3, 0.4) is 0 Å². The number of phenols is 2. The minimum atomic E-state index is -1.29. The van der Waals surface area contributed by atoms with Gasteiger partial charge in [-0.1, -0.05) is 30.3 Å². The second-order valence-corrected chi connectivity index (χ2v) is 4.97. The Bertz CT molecular complexity index is 974. The van der Waals surface area contributed by atoms with Gasteiger partial charge in [0.15, 0.2) is 23.5 Å². The lowest BCUT2D eigenvalue weighted by molar-refractivity contribution is -0.139. The van der Waals surface area contributed by atoms with Crippen LogP contribution in [0, 0.1) is 0 Å². The van der Waals surface area contributed by atoms with Crippen molar-refractivity contribution in [3.05, 3.63) is 52.7 Å². The summed E-state index contributed by atoms with van der Waals surface area (Å²) in [4.78, 5) is 22.9. The van der Waals surface area contributed by atoms with Crippen molar-refractivity contribution in [2.45, 2.75) is 0 Å². The van der Waals surface area contributed by atoms with Crippen LogP contribution in [-0.4, -0.2) is 27.9 Å². The molecule has 1 heterocycles. The lowest BCUT2D eigenvalue weighted by Crippen LogP contribution is -2.10. The molecule has 3 aromatic rings. The van der Waals surface area contributed by atoms with Crippen LogP contribution < -0.4 is 10.2 Å². The number of hydrogen-bond donors (Lipinski definition) is 3. The highest BCUT2D eigenvalue weighted by Crippen LogP contribution is 2.41. The van der Waals surface area contributed by atoms with E-state index in [2.05, 4.69) is 0 Å². The summed E-state index contributed by atoms with van der Waals surface area (Å²) in [5, 5.41) is 28.5. The van der Waals surface area contributed by atoms with E-state index in [9.17, 15) is 19.8 Å². The predicted octanol–water partition coefficient (Wildman–Crippen LogP) is 2.33. The quantitative estimate of drug-likeness (QED) is 0.673. The fourth-order valence-corrected chi connectivity index (χ4v) is 2.29. The molecule has 0 bridgehead atoms. The number of aromatic hydroxyl groups is 2. The highest BCUT2D eigenvalue weighted by atomic mass is 16.5. The monoisotopic (exact) mass is 328 g/mol. The van der Waals surface area contributed by atoms with E-state index in [0.29, 0.717) is 5.56 Å². The maximum absolute atomic E-state index is 12.3. The molecule has 0 fully saturated rings. The van der Waals surface area contributed by atoms with Crippen molar-refractivity contribution < 1.29 is 29.3 Å². The number of rotatable bonds is 4. The molecule has 24 heavy (non-hydrogen) atoms. The summed E-state index contributed by atoms with van der Waals surface area (Å²) in [7, 11) is 0. The molecule has 0 spiro atoms. The van der Waals surface area contributed by atoms with Gasteiger partial charge in [-0.3, -0.25) is 4.79 Å². The van der Waals surface area contributed by atoms with Crippen LogP contribution in [-0.2, 0) is 4.79 Å². The van der Waals surface area contributed by atoms with Crippen LogP contribution in [0.15, 0.2) is 51.7 Å². The molecule has 0 aliphatic carbocycles. The second-order valence-electron chi connectivity index (χ2n) is 4.97. The van der Waals surface area contributed by atoms with Gasteiger partial charge in [-0.2, -0.15) is 0 Å². The molecular weight excluding hydrogens is 316 g/mol. The number of ether oxygens (including phenoxy) is 1. The molecule has 122 valence electrons. The Balaban J connectivity index is 2.18. The van der Waals surface area contributed by atoms with E-state index >= 15 is 0 Å². The van der Waals surface area contributed by atoms with Crippen LogP contribution >= 0.6 is 0 Å². The first kappa shape index (κ1) is 15.4. The third kappa shape index (κ3) is 2.74. The fourth-order valence-electron chi connectivity index (χ4n) is 2.29. The van der Waals surface area contributed by atoms with E-state index in [4.69, 9.17) is 14.3 Å². The van der Waals surface area contributed by atoms with E-state index < -0.39 is 35.3 Å². The van der Waals surface area contributed by atoms with Crippen molar-refractivity contribution >= 4 is 16.9 Å². The number of carboxylic acid groups (broad SMARTS) is 1. The van der Waals surface area contributed by atoms with E-state index in [1.54, 1.807) is 24.3 Å². The number of aliphatic carboxylic acids is 1. The van der Waals surface area contributed by atoms with Crippen molar-refractivity contribution in [1.82, 2.24) is 0 Å².